The first-order chi connectivity index (χ1) is 15.0. The molecule has 5 rings (SSSR count). The molecule has 1 saturated carbocycles. The number of fused-ring (bicyclic) bond motifs is 1. The molecular formula is C23H29N5O3. The average Bonchev–Trinajstić information content (AvgIpc) is 3.39. The van der Waals surface area contributed by atoms with Crippen molar-refractivity contribution in [3.63, 3.8) is 0 Å². The second-order valence-corrected chi connectivity index (χ2v) is 9.52. The molecule has 1 unspecified atom stereocenters. The first-order valence-corrected chi connectivity index (χ1v) is 11.2. The number of aromatic nitrogens is 4. The molecule has 164 valence electrons. The quantitative estimate of drug-likeness (QED) is 0.608. The number of carbonyl (C=O) groups is 1. The fourth-order valence-corrected chi connectivity index (χ4v) is 5.31. The molecule has 1 saturated heterocycles. The molecule has 31 heavy (non-hydrogen) atoms. The third-order valence-corrected chi connectivity index (χ3v) is 6.99. The van der Waals surface area contributed by atoms with Crippen molar-refractivity contribution >= 4 is 17.0 Å². The number of hydrogen-bond donors (Lipinski definition) is 0. The van der Waals surface area contributed by atoms with Crippen LogP contribution in [-0.4, -0.2) is 43.2 Å². The Kier molecular flexibility index (Phi) is 4.95. The lowest BCUT2D eigenvalue weighted by atomic mass is 9.62. The zero-order valence-electron chi connectivity index (χ0n) is 18.2. The van der Waals surface area contributed by atoms with Crippen LogP contribution in [0.25, 0.3) is 11.1 Å². The number of nitrogens with zero attached hydrogens (tertiary/aromatic N) is 5. The van der Waals surface area contributed by atoms with E-state index in [1.165, 1.54) is 6.42 Å². The van der Waals surface area contributed by atoms with Crippen molar-refractivity contribution in [2.24, 2.45) is 11.3 Å². The van der Waals surface area contributed by atoms with Gasteiger partial charge in [-0.2, -0.15) is 0 Å². The smallest absolute Gasteiger partial charge is 0.408 e. The molecule has 3 aromatic rings. The summed E-state index contributed by atoms with van der Waals surface area (Å²) in [5.41, 5.74) is 1.41. The summed E-state index contributed by atoms with van der Waals surface area (Å²) in [5, 5.41) is 8.66. The van der Waals surface area contributed by atoms with Crippen LogP contribution in [0.5, 0.6) is 0 Å². The predicted octanol–water partition coefficient (Wildman–Crippen LogP) is 3.03. The van der Waals surface area contributed by atoms with E-state index in [4.69, 9.17) is 4.42 Å². The van der Waals surface area contributed by atoms with E-state index in [2.05, 4.69) is 28.6 Å². The van der Waals surface area contributed by atoms with Crippen LogP contribution in [0.1, 0.15) is 51.3 Å². The van der Waals surface area contributed by atoms with Gasteiger partial charge in [-0.15, -0.1) is 10.2 Å². The van der Waals surface area contributed by atoms with Crippen molar-refractivity contribution < 1.29 is 9.21 Å². The van der Waals surface area contributed by atoms with Crippen molar-refractivity contribution in [2.45, 2.75) is 58.5 Å². The van der Waals surface area contributed by atoms with E-state index in [0.29, 0.717) is 24.6 Å². The molecule has 1 amide bonds. The number of benzene rings is 1. The summed E-state index contributed by atoms with van der Waals surface area (Å²) in [6.45, 7) is 7.04. The minimum absolute atomic E-state index is 0.0841. The third-order valence-electron chi connectivity index (χ3n) is 6.99. The number of amides is 1. The molecule has 1 aliphatic carbocycles. The second-order valence-electron chi connectivity index (χ2n) is 9.52. The minimum atomic E-state index is -0.412. The van der Waals surface area contributed by atoms with Gasteiger partial charge in [0.05, 0.1) is 5.52 Å². The fraction of sp³-hybridized carbons (Fsp3) is 0.565. The van der Waals surface area contributed by atoms with Crippen LogP contribution in [-0.2, 0) is 17.9 Å². The summed E-state index contributed by atoms with van der Waals surface area (Å²) in [6.07, 6.45) is 5.56. The molecule has 1 aliphatic heterocycles. The summed E-state index contributed by atoms with van der Waals surface area (Å²) in [7, 11) is 0. The van der Waals surface area contributed by atoms with E-state index in [9.17, 15) is 9.59 Å². The molecule has 0 radical (unpaired) electrons. The fourth-order valence-electron chi connectivity index (χ4n) is 5.31. The Labute approximate surface area is 180 Å². The zero-order chi connectivity index (χ0) is 21.6. The van der Waals surface area contributed by atoms with Crippen molar-refractivity contribution in [1.82, 2.24) is 24.2 Å². The molecule has 8 heteroatoms. The van der Waals surface area contributed by atoms with E-state index in [1.807, 2.05) is 29.4 Å². The van der Waals surface area contributed by atoms with Gasteiger partial charge in [-0.1, -0.05) is 32.4 Å². The number of para-hydroxylation sites is 2. The van der Waals surface area contributed by atoms with E-state index < -0.39 is 5.76 Å². The number of rotatable bonds is 6. The molecule has 2 fully saturated rings. The van der Waals surface area contributed by atoms with Crippen molar-refractivity contribution in [3.05, 3.63) is 47.0 Å². The van der Waals surface area contributed by atoms with Gasteiger partial charge in [0.1, 0.15) is 12.2 Å². The molecule has 1 atom stereocenters. The monoisotopic (exact) mass is 423 g/mol. The number of aryl methyl sites for hydroxylation is 1. The molecule has 3 heterocycles. The van der Waals surface area contributed by atoms with Gasteiger partial charge in [0, 0.05) is 38.5 Å². The molecule has 0 bridgehead atoms. The van der Waals surface area contributed by atoms with Crippen molar-refractivity contribution in [1.29, 1.82) is 0 Å². The summed E-state index contributed by atoms with van der Waals surface area (Å²) in [5.74, 6) is 1.42. The molecule has 1 spiro atoms. The lowest BCUT2D eigenvalue weighted by molar-refractivity contribution is -0.131. The Hall–Kier alpha value is -2.90. The van der Waals surface area contributed by atoms with Gasteiger partial charge in [0.2, 0.25) is 5.91 Å². The highest BCUT2D eigenvalue weighted by Gasteiger charge is 2.53. The summed E-state index contributed by atoms with van der Waals surface area (Å²) in [4.78, 5) is 27.3. The molecule has 2 aliphatic rings. The van der Waals surface area contributed by atoms with Crippen LogP contribution in [0.2, 0.25) is 0 Å². The normalized spacial score (nSPS) is 20.1. The van der Waals surface area contributed by atoms with Gasteiger partial charge in [0.25, 0.3) is 0 Å². The minimum Gasteiger partial charge on any atom is -0.408 e. The van der Waals surface area contributed by atoms with Gasteiger partial charge < -0.3 is 13.9 Å². The van der Waals surface area contributed by atoms with Gasteiger partial charge in [-0.3, -0.25) is 9.36 Å². The Balaban J connectivity index is 1.32. The second kappa shape index (κ2) is 7.66. The van der Waals surface area contributed by atoms with Crippen LogP contribution in [0.3, 0.4) is 0 Å². The molecule has 0 N–H and O–H groups in total. The Bertz CT molecular complexity index is 1150. The first-order valence-electron chi connectivity index (χ1n) is 11.2. The lowest BCUT2D eigenvalue weighted by Gasteiger charge is -2.42. The zero-order valence-corrected chi connectivity index (χ0v) is 18.2. The largest absolute Gasteiger partial charge is 0.419 e. The standard InChI is InChI=1S/C23H29N5O3/c1-16(2)12-27-15-24-25-21(27)17-13-26(14-23(17)9-5-10-23)20(29)8-11-28-18-6-3-4-7-19(18)31-22(28)30/h3-4,6-7,15-17H,5,8-14H2,1-2H3. The van der Waals surface area contributed by atoms with Crippen LogP contribution >= 0.6 is 0 Å². The number of hydrogen-bond acceptors (Lipinski definition) is 5. The van der Waals surface area contributed by atoms with E-state index in [1.54, 1.807) is 10.6 Å². The highest BCUT2D eigenvalue weighted by atomic mass is 16.4. The highest BCUT2D eigenvalue weighted by Crippen LogP contribution is 2.55. The van der Waals surface area contributed by atoms with Gasteiger partial charge in [-0.05, 0) is 36.3 Å². The summed E-state index contributed by atoms with van der Waals surface area (Å²) >= 11 is 0. The van der Waals surface area contributed by atoms with Crippen LogP contribution in [0, 0.1) is 11.3 Å². The highest BCUT2D eigenvalue weighted by molar-refractivity contribution is 5.77. The van der Waals surface area contributed by atoms with Crippen molar-refractivity contribution in [3.8, 4) is 0 Å². The summed E-state index contributed by atoms with van der Waals surface area (Å²) < 4.78 is 9.01. The number of carbonyl (C=O) groups excluding carboxylic acids is 1. The third kappa shape index (κ3) is 3.47. The molecule has 2 aromatic heterocycles. The maximum Gasteiger partial charge on any atom is 0.419 e. The number of likely N-dealkylation sites (tertiary alicyclic amines) is 1. The van der Waals surface area contributed by atoms with Crippen molar-refractivity contribution in [2.75, 3.05) is 13.1 Å². The van der Waals surface area contributed by atoms with E-state index >= 15 is 0 Å². The molecular weight excluding hydrogens is 394 g/mol. The van der Waals surface area contributed by atoms with Gasteiger partial charge in [0.15, 0.2) is 5.58 Å². The Morgan fingerprint density at radius 2 is 2.10 bits per heavy atom. The SMILES string of the molecule is CC(C)Cn1cnnc1C1CN(C(=O)CCn2c(=O)oc3ccccc32)CC12CCC2. The lowest BCUT2D eigenvalue weighted by Crippen LogP contribution is -2.38. The predicted molar refractivity (Wildman–Crippen MR) is 116 cm³/mol. The first kappa shape index (κ1) is 20.0. The van der Waals surface area contributed by atoms with E-state index in [0.717, 1.165) is 37.3 Å². The topological polar surface area (TPSA) is 86.2 Å². The van der Waals surface area contributed by atoms with Gasteiger partial charge >= 0.3 is 5.76 Å². The van der Waals surface area contributed by atoms with Crippen LogP contribution in [0.4, 0.5) is 0 Å². The molecule has 1 aromatic carbocycles. The Morgan fingerprint density at radius 1 is 1.29 bits per heavy atom. The maximum atomic E-state index is 13.1. The Morgan fingerprint density at radius 3 is 2.84 bits per heavy atom. The van der Waals surface area contributed by atoms with Crippen LogP contribution in [0.15, 0.2) is 39.8 Å². The van der Waals surface area contributed by atoms with Crippen LogP contribution < -0.4 is 5.76 Å². The average molecular weight is 424 g/mol. The maximum absolute atomic E-state index is 13.1. The van der Waals surface area contributed by atoms with Gasteiger partial charge in [-0.25, -0.2) is 4.79 Å². The number of oxazole rings is 1. The van der Waals surface area contributed by atoms with E-state index in [-0.39, 0.29) is 23.7 Å². The summed E-state index contributed by atoms with van der Waals surface area (Å²) in [6, 6.07) is 7.32. The molecule has 8 nitrogen and oxygen atoms in total.